The van der Waals surface area contributed by atoms with Gasteiger partial charge in [-0.3, -0.25) is 4.79 Å². The van der Waals surface area contributed by atoms with Crippen LogP contribution in [0.5, 0.6) is 5.75 Å². The third-order valence-corrected chi connectivity index (χ3v) is 5.95. The van der Waals surface area contributed by atoms with Gasteiger partial charge in [0.1, 0.15) is 11.5 Å². The van der Waals surface area contributed by atoms with Gasteiger partial charge in [-0.1, -0.05) is 44.2 Å². The van der Waals surface area contributed by atoms with Gasteiger partial charge in [-0.15, -0.1) is 0 Å². The summed E-state index contributed by atoms with van der Waals surface area (Å²) >= 11 is 0.335. The van der Waals surface area contributed by atoms with Gasteiger partial charge < -0.3 is 9.84 Å². The lowest BCUT2D eigenvalue weighted by Gasteiger charge is -2.13. The Hall–Kier alpha value is -2.94. The van der Waals surface area contributed by atoms with Crippen LogP contribution in [0.25, 0.3) is 11.3 Å². The minimum Gasteiger partial charge on any atom is -0.486 e. The van der Waals surface area contributed by atoms with E-state index in [0.717, 1.165) is 18.1 Å². The fourth-order valence-electron chi connectivity index (χ4n) is 3.17. The zero-order chi connectivity index (χ0) is 23.5. The van der Waals surface area contributed by atoms with Crippen molar-refractivity contribution in [3.8, 4) is 17.0 Å². The number of nitrogens with zero attached hydrogens (tertiary/aromatic N) is 1. The molecule has 0 fully saturated rings. The van der Waals surface area contributed by atoms with Crippen LogP contribution in [0.4, 0.5) is 17.6 Å². The number of benzene rings is 2. The van der Waals surface area contributed by atoms with Gasteiger partial charge in [0.05, 0.1) is 11.6 Å². The molecule has 1 atom stereocenters. The first-order chi connectivity index (χ1) is 15.1. The SMILES string of the molecule is CCc1ccc(-c2nsc(C(F)(F)F)c2COc2ccc(CC(C)C(=O)O)cc2F)cc1. The molecule has 32 heavy (non-hydrogen) atoms. The van der Waals surface area contributed by atoms with Gasteiger partial charge in [-0.25, -0.2) is 4.39 Å². The maximum atomic E-state index is 14.5. The van der Waals surface area contributed by atoms with Gasteiger partial charge in [0.25, 0.3) is 0 Å². The largest absolute Gasteiger partial charge is 0.486 e. The van der Waals surface area contributed by atoms with E-state index in [0.29, 0.717) is 22.7 Å². The molecule has 0 radical (unpaired) electrons. The highest BCUT2D eigenvalue weighted by molar-refractivity contribution is 7.06. The van der Waals surface area contributed by atoms with Crippen molar-refractivity contribution in [3.05, 3.63) is 69.8 Å². The summed E-state index contributed by atoms with van der Waals surface area (Å²) in [7, 11) is 0. The van der Waals surface area contributed by atoms with E-state index >= 15 is 0 Å². The second kappa shape index (κ2) is 9.68. The Balaban J connectivity index is 1.86. The van der Waals surface area contributed by atoms with Crippen LogP contribution in [-0.4, -0.2) is 15.4 Å². The van der Waals surface area contributed by atoms with Gasteiger partial charge >= 0.3 is 12.1 Å². The Morgan fingerprint density at radius 1 is 1.16 bits per heavy atom. The van der Waals surface area contributed by atoms with Crippen LogP contribution in [0.15, 0.2) is 42.5 Å². The number of aliphatic carboxylic acids is 1. The summed E-state index contributed by atoms with van der Waals surface area (Å²) in [5.74, 6) is -2.70. The monoisotopic (exact) mass is 467 g/mol. The number of aryl methyl sites for hydroxylation is 1. The molecule has 3 rings (SSSR count). The number of halogens is 4. The molecule has 4 nitrogen and oxygen atoms in total. The summed E-state index contributed by atoms with van der Waals surface area (Å²) in [6, 6.07) is 11.0. The second-order valence-corrected chi connectivity index (χ2v) is 8.16. The number of carboxylic acid groups (broad SMARTS) is 1. The van der Waals surface area contributed by atoms with E-state index in [-0.39, 0.29) is 23.4 Å². The van der Waals surface area contributed by atoms with Crippen LogP contribution >= 0.6 is 11.5 Å². The fourth-order valence-corrected chi connectivity index (χ4v) is 3.94. The highest BCUT2D eigenvalue weighted by Crippen LogP contribution is 2.40. The Bertz CT molecular complexity index is 1090. The average molecular weight is 467 g/mol. The van der Waals surface area contributed by atoms with Crippen LogP contribution in [0.1, 0.15) is 35.4 Å². The Labute approximate surface area is 186 Å². The molecule has 0 saturated carbocycles. The first-order valence-electron chi connectivity index (χ1n) is 9.89. The van der Waals surface area contributed by atoms with Crippen molar-refractivity contribution in [1.82, 2.24) is 4.37 Å². The zero-order valence-corrected chi connectivity index (χ0v) is 18.2. The van der Waals surface area contributed by atoms with Crippen molar-refractivity contribution in [2.75, 3.05) is 0 Å². The first-order valence-corrected chi connectivity index (χ1v) is 10.7. The number of ether oxygens (including phenoxy) is 1. The molecule has 0 aliphatic rings. The summed E-state index contributed by atoms with van der Waals surface area (Å²) in [6.45, 7) is 2.96. The van der Waals surface area contributed by atoms with Crippen molar-refractivity contribution >= 4 is 17.5 Å². The molecule has 3 aromatic rings. The number of carbonyl (C=O) groups is 1. The van der Waals surface area contributed by atoms with Crippen molar-refractivity contribution in [3.63, 3.8) is 0 Å². The van der Waals surface area contributed by atoms with Crippen LogP contribution in [0.3, 0.4) is 0 Å². The minimum absolute atomic E-state index is 0.122. The Morgan fingerprint density at radius 3 is 2.38 bits per heavy atom. The van der Waals surface area contributed by atoms with E-state index in [1.165, 1.54) is 19.1 Å². The smallest absolute Gasteiger partial charge is 0.427 e. The highest BCUT2D eigenvalue weighted by atomic mass is 32.1. The van der Waals surface area contributed by atoms with Gasteiger partial charge in [0, 0.05) is 11.1 Å². The van der Waals surface area contributed by atoms with Crippen LogP contribution in [0, 0.1) is 11.7 Å². The molecule has 1 N–H and O–H groups in total. The first kappa shape index (κ1) is 23.7. The number of carboxylic acids is 1. The molecule has 1 unspecified atom stereocenters. The van der Waals surface area contributed by atoms with E-state index < -0.39 is 35.4 Å². The normalized spacial score (nSPS) is 12.6. The summed E-state index contributed by atoms with van der Waals surface area (Å²) in [4.78, 5) is 10.1. The molecular weight excluding hydrogens is 446 g/mol. The highest BCUT2D eigenvalue weighted by Gasteiger charge is 2.38. The molecule has 0 saturated heterocycles. The molecule has 2 aromatic carbocycles. The molecule has 0 spiro atoms. The molecule has 170 valence electrons. The van der Waals surface area contributed by atoms with Gasteiger partial charge in [-0.2, -0.15) is 17.5 Å². The lowest BCUT2D eigenvalue weighted by atomic mass is 10.0. The Morgan fingerprint density at radius 2 is 1.81 bits per heavy atom. The minimum atomic E-state index is -4.62. The number of hydrogen-bond donors (Lipinski definition) is 1. The zero-order valence-electron chi connectivity index (χ0n) is 17.4. The number of rotatable bonds is 8. The maximum absolute atomic E-state index is 14.5. The van der Waals surface area contributed by atoms with Crippen molar-refractivity contribution < 1.29 is 32.2 Å². The number of hydrogen-bond acceptors (Lipinski definition) is 4. The fraction of sp³-hybridized carbons (Fsp3) is 0.304. The standard InChI is InChI=1S/C23H21F4NO3S/c1-3-14-4-7-16(8-5-14)20-17(21(32-28-20)23(25,26)27)12-31-19-9-6-15(11-18(19)24)10-13(2)22(29)30/h4-9,11,13H,3,10,12H2,1-2H3,(H,29,30). The number of aromatic nitrogens is 1. The predicted molar refractivity (Wildman–Crippen MR) is 113 cm³/mol. The van der Waals surface area contributed by atoms with E-state index in [1.807, 2.05) is 19.1 Å². The maximum Gasteiger partial charge on any atom is 0.427 e. The summed E-state index contributed by atoms with van der Waals surface area (Å²) in [5, 5.41) is 8.98. The number of alkyl halides is 3. The quantitative estimate of drug-likeness (QED) is 0.391. The predicted octanol–water partition coefficient (Wildman–Crippen LogP) is 6.37. The van der Waals surface area contributed by atoms with E-state index in [2.05, 4.69) is 4.37 Å². The average Bonchev–Trinajstić information content (AvgIpc) is 3.17. The third-order valence-electron chi connectivity index (χ3n) is 5.01. The molecule has 0 bridgehead atoms. The lowest BCUT2D eigenvalue weighted by Crippen LogP contribution is -2.12. The van der Waals surface area contributed by atoms with Crippen LogP contribution in [-0.2, 0) is 30.4 Å². The van der Waals surface area contributed by atoms with Gasteiger partial charge in [0.2, 0.25) is 0 Å². The van der Waals surface area contributed by atoms with E-state index in [4.69, 9.17) is 9.84 Å². The molecule has 0 amide bonds. The van der Waals surface area contributed by atoms with Gasteiger partial charge in [0.15, 0.2) is 11.6 Å². The third kappa shape index (κ3) is 5.45. The second-order valence-electron chi connectivity index (χ2n) is 7.38. The Kier molecular flexibility index (Phi) is 7.18. The molecule has 0 aliphatic heterocycles. The van der Waals surface area contributed by atoms with Crippen molar-refractivity contribution in [1.29, 1.82) is 0 Å². The van der Waals surface area contributed by atoms with E-state index in [1.54, 1.807) is 12.1 Å². The van der Waals surface area contributed by atoms with Crippen molar-refractivity contribution in [2.24, 2.45) is 5.92 Å². The molecule has 1 aromatic heterocycles. The molecule has 9 heteroatoms. The summed E-state index contributed by atoms with van der Waals surface area (Å²) < 4.78 is 64.5. The van der Waals surface area contributed by atoms with Crippen LogP contribution in [0.2, 0.25) is 0 Å². The lowest BCUT2D eigenvalue weighted by molar-refractivity contribution is -0.141. The summed E-state index contributed by atoms with van der Waals surface area (Å²) in [5.41, 5.74) is 2.00. The molecule has 0 aliphatic carbocycles. The topological polar surface area (TPSA) is 59.4 Å². The van der Waals surface area contributed by atoms with Crippen LogP contribution < -0.4 is 4.74 Å². The molecule has 1 heterocycles. The van der Waals surface area contributed by atoms with Gasteiger partial charge in [-0.05, 0) is 47.6 Å². The summed E-state index contributed by atoms with van der Waals surface area (Å²) in [6.07, 6.45) is -3.70. The van der Waals surface area contributed by atoms with Crippen molar-refractivity contribution in [2.45, 2.75) is 39.5 Å². The van der Waals surface area contributed by atoms with E-state index in [9.17, 15) is 22.4 Å². The molecular formula is C23H21F4NO3S.